The third-order valence-electron chi connectivity index (χ3n) is 0.559. The Kier molecular flexibility index (Phi) is 2.41. The van der Waals surface area contributed by atoms with Crippen LogP contribution >= 0.6 is 34.8 Å². The standard InChI is InChI=1S/C3H5Cl3O2/c1-2(4,5)3(6,7)8/h7-8H,1H3. The molecule has 0 rings (SSSR count). The van der Waals surface area contributed by atoms with Crippen LogP contribution in [0.5, 0.6) is 0 Å². The van der Waals surface area contributed by atoms with Crippen LogP contribution in [0, 0.1) is 0 Å². The first-order valence-corrected chi connectivity index (χ1v) is 2.90. The zero-order valence-corrected chi connectivity index (χ0v) is 6.30. The molecule has 0 heterocycles. The van der Waals surface area contributed by atoms with Crippen LogP contribution in [0.1, 0.15) is 6.92 Å². The van der Waals surface area contributed by atoms with Gasteiger partial charge in [-0.2, -0.15) is 0 Å². The lowest BCUT2D eigenvalue weighted by atomic mass is 10.4. The van der Waals surface area contributed by atoms with Crippen LogP contribution in [0.2, 0.25) is 0 Å². The van der Waals surface area contributed by atoms with E-state index in [0.29, 0.717) is 0 Å². The summed E-state index contributed by atoms with van der Waals surface area (Å²) < 4.78 is -1.74. The van der Waals surface area contributed by atoms with Gasteiger partial charge in [0.2, 0.25) is 0 Å². The van der Waals surface area contributed by atoms with Crippen LogP contribution < -0.4 is 0 Å². The summed E-state index contributed by atoms with van der Waals surface area (Å²) in [5.41, 5.74) is 0. The van der Waals surface area contributed by atoms with Gasteiger partial charge in [0.25, 0.3) is 5.25 Å². The van der Waals surface area contributed by atoms with Gasteiger partial charge in [0.05, 0.1) is 0 Å². The third-order valence-corrected chi connectivity index (χ3v) is 1.66. The molecule has 0 aliphatic carbocycles. The lowest BCUT2D eigenvalue weighted by Gasteiger charge is -2.23. The largest absolute Gasteiger partial charge is 0.351 e. The predicted octanol–water partition coefficient (Wildman–Crippen LogP) is 1.06. The molecule has 5 heteroatoms. The number of hydrogen-bond acceptors (Lipinski definition) is 2. The number of halogens is 3. The summed E-state index contributed by atoms with van der Waals surface area (Å²) in [6.45, 7) is 1.17. The first-order chi connectivity index (χ1) is 3.25. The molecular formula is C3H5Cl3O2. The minimum Gasteiger partial charge on any atom is -0.351 e. The third kappa shape index (κ3) is 2.37. The molecule has 0 aromatic heterocycles. The fourth-order valence-corrected chi connectivity index (χ4v) is 0. The van der Waals surface area contributed by atoms with E-state index in [9.17, 15) is 0 Å². The van der Waals surface area contributed by atoms with E-state index in [1.807, 2.05) is 0 Å². The highest BCUT2D eigenvalue weighted by molar-refractivity contribution is 6.52. The summed E-state index contributed by atoms with van der Waals surface area (Å²) in [7, 11) is 0. The molecule has 0 unspecified atom stereocenters. The molecule has 0 saturated carbocycles. The van der Waals surface area contributed by atoms with Gasteiger partial charge >= 0.3 is 0 Å². The molecule has 0 saturated heterocycles. The Morgan fingerprint density at radius 2 is 1.25 bits per heavy atom. The highest BCUT2D eigenvalue weighted by Gasteiger charge is 2.41. The van der Waals surface area contributed by atoms with Crippen LogP contribution in [0.25, 0.3) is 0 Å². The fourth-order valence-electron chi connectivity index (χ4n) is 0. The van der Waals surface area contributed by atoms with Crippen molar-refractivity contribution in [1.29, 1.82) is 0 Å². The highest BCUT2D eigenvalue weighted by Crippen LogP contribution is 2.33. The molecule has 50 valence electrons. The SMILES string of the molecule is CC(Cl)(Cl)C(O)(O)Cl. The summed E-state index contributed by atoms with van der Waals surface area (Å²) in [6, 6.07) is 0. The summed E-state index contributed by atoms with van der Waals surface area (Å²) in [5.74, 6) is 0. The van der Waals surface area contributed by atoms with Crippen molar-refractivity contribution in [3.63, 3.8) is 0 Å². The lowest BCUT2D eigenvalue weighted by Crippen LogP contribution is -2.38. The average Bonchev–Trinajstić information content (AvgIpc) is 1.25. The number of rotatable bonds is 1. The second kappa shape index (κ2) is 2.20. The number of hydrogen-bond donors (Lipinski definition) is 2. The van der Waals surface area contributed by atoms with Crippen molar-refractivity contribution in [3.8, 4) is 0 Å². The van der Waals surface area contributed by atoms with Crippen molar-refractivity contribution in [2.24, 2.45) is 0 Å². The van der Waals surface area contributed by atoms with Crippen molar-refractivity contribution in [2.45, 2.75) is 16.5 Å². The summed E-state index contributed by atoms with van der Waals surface area (Å²) in [4.78, 5) is 0. The van der Waals surface area contributed by atoms with Crippen molar-refractivity contribution < 1.29 is 10.2 Å². The molecule has 2 N–H and O–H groups in total. The molecule has 0 radical (unpaired) electrons. The van der Waals surface area contributed by atoms with Crippen LogP contribution in [0.15, 0.2) is 0 Å². The van der Waals surface area contributed by atoms with Gasteiger partial charge in [0.15, 0.2) is 4.33 Å². The summed E-state index contributed by atoms with van der Waals surface area (Å²) >= 11 is 15.1. The van der Waals surface area contributed by atoms with Crippen molar-refractivity contribution in [2.75, 3.05) is 0 Å². The Bertz CT molecular complexity index is 67.5. The Morgan fingerprint density at radius 3 is 1.25 bits per heavy atom. The minimum absolute atomic E-state index is 1.17. The summed E-state index contributed by atoms with van der Waals surface area (Å²) in [5, 5.41) is 14.3. The van der Waals surface area contributed by atoms with Gasteiger partial charge in [0, 0.05) is 0 Å². The van der Waals surface area contributed by atoms with E-state index < -0.39 is 9.58 Å². The molecule has 8 heavy (non-hydrogen) atoms. The van der Waals surface area contributed by atoms with Crippen molar-refractivity contribution in [1.82, 2.24) is 0 Å². The molecule has 0 aliphatic heterocycles. The monoisotopic (exact) mass is 178 g/mol. The van der Waals surface area contributed by atoms with Gasteiger partial charge in [-0.25, -0.2) is 0 Å². The Morgan fingerprint density at radius 1 is 1.12 bits per heavy atom. The first-order valence-electron chi connectivity index (χ1n) is 1.76. The van der Waals surface area contributed by atoms with Gasteiger partial charge in [-0.3, -0.25) is 0 Å². The molecular weight excluding hydrogens is 174 g/mol. The van der Waals surface area contributed by atoms with Crippen molar-refractivity contribution in [3.05, 3.63) is 0 Å². The highest BCUT2D eigenvalue weighted by atomic mass is 35.5. The maximum absolute atomic E-state index is 8.41. The molecule has 0 aromatic rings. The molecule has 0 aliphatic rings. The van der Waals surface area contributed by atoms with Gasteiger partial charge in [-0.1, -0.05) is 34.8 Å². The predicted molar refractivity (Wildman–Crippen MR) is 33.1 cm³/mol. The van der Waals surface area contributed by atoms with E-state index in [2.05, 4.69) is 0 Å². The number of alkyl halides is 3. The van der Waals surface area contributed by atoms with Gasteiger partial charge in [-0.15, -0.1) is 0 Å². The van der Waals surface area contributed by atoms with Crippen LogP contribution in [-0.2, 0) is 0 Å². The van der Waals surface area contributed by atoms with Gasteiger partial charge in [-0.05, 0) is 6.92 Å². The first kappa shape index (κ1) is 8.79. The van der Waals surface area contributed by atoms with Gasteiger partial charge < -0.3 is 10.2 Å². The number of aliphatic hydroxyl groups is 2. The minimum atomic E-state index is -2.56. The zero-order chi connectivity index (χ0) is 7.00. The maximum atomic E-state index is 8.41. The lowest BCUT2D eigenvalue weighted by molar-refractivity contribution is -0.0921. The quantitative estimate of drug-likeness (QED) is 0.467. The van der Waals surface area contributed by atoms with Crippen LogP contribution in [0.4, 0.5) is 0 Å². The van der Waals surface area contributed by atoms with E-state index >= 15 is 0 Å². The molecule has 0 atom stereocenters. The molecule has 2 nitrogen and oxygen atoms in total. The molecule has 0 bridgehead atoms. The Hall–Kier alpha value is 0.790. The second-order valence-corrected chi connectivity index (χ2v) is 3.71. The van der Waals surface area contributed by atoms with Crippen molar-refractivity contribution >= 4 is 34.8 Å². The van der Waals surface area contributed by atoms with Crippen LogP contribution in [0.3, 0.4) is 0 Å². The molecule has 0 amide bonds. The fraction of sp³-hybridized carbons (Fsp3) is 1.00. The molecule has 0 aromatic carbocycles. The van der Waals surface area contributed by atoms with E-state index in [4.69, 9.17) is 45.0 Å². The average molecular weight is 179 g/mol. The van der Waals surface area contributed by atoms with E-state index in [-0.39, 0.29) is 0 Å². The summed E-state index contributed by atoms with van der Waals surface area (Å²) in [6.07, 6.45) is 0. The normalized spacial score (nSPS) is 14.2. The molecule has 0 spiro atoms. The van der Waals surface area contributed by atoms with E-state index in [0.717, 1.165) is 0 Å². The zero-order valence-electron chi connectivity index (χ0n) is 4.03. The van der Waals surface area contributed by atoms with E-state index in [1.165, 1.54) is 6.92 Å². The Labute approximate surface area is 62.0 Å². The maximum Gasteiger partial charge on any atom is 0.277 e. The Balaban J connectivity index is 4.02. The van der Waals surface area contributed by atoms with E-state index in [1.54, 1.807) is 0 Å². The second-order valence-electron chi connectivity index (χ2n) is 1.48. The van der Waals surface area contributed by atoms with Crippen LogP contribution in [-0.4, -0.2) is 19.8 Å². The molecule has 0 fully saturated rings. The smallest absolute Gasteiger partial charge is 0.277 e. The topological polar surface area (TPSA) is 40.5 Å². The van der Waals surface area contributed by atoms with Gasteiger partial charge in [0.1, 0.15) is 0 Å².